The van der Waals surface area contributed by atoms with Gasteiger partial charge in [-0.15, -0.1) is 0 Å². The maximum atomic E-state index is 11.7. The fraction of sp³-hybridized carbons (Fsp3) is 0. The number of amides is 1. The van der Waals surface area contributed by atoms with Crippen LogP contribution in [0.5, 0.6) is 0 Å². The van der Waals surface area contributed by atoms with Crippen LogP contribution in [0.4, 0.5) is 5.69 Å². The van der Waals surface area contributed by atoms with Crippen LogP contribution >= 0.6 is 12.2 Å². The van der Waals surface area contributed by atoms with Crippen molar-refractivity contribution in [1.82, 2.24) is 5.32 Å². The number of hydrogen-bond acceptors (Lipinski definition) is 4. The first-order valence-electron chi connectivity index (χ1n) is 6.02. The lowest BCUT2D eigenvalue weighted by Crippen LogP contribution is -2.33. The third-order valence-corrected chi connectivity index (χ3v) is 2.68. The summed E-state index contributed by atoms with van der Waals surface area (Å²) in [6.07, 6.45) is 4.35. The van der Waals surface area contributed by atoms with Crippen molar-refractivity contribution < 1.29 is 9.21 Å². The lowest BCUT2D eigenvalue weighted by molar-refractivity contribution is -0.115. The molecule has 1 heterocycles. The van der Waals surface area contributed by atoms with E-state index in [9.17, 15) is 4.79 Å². The van der Waals surface area contributed by atoms with E-state index in [1.54, 1.807) is 36.4 Å². The molecule has 0 aliphatic carbocycles. The lowest BCUT2D eigenvalue weighted by atomic mass is 10.2. The molecule has 1 amide bonds. The molecule has 0 unspecified atom stereocenters. The van der Waals surface area contributed by atoms with Crippen LogP contribution < -0.4 is 10.6 Å². The molecular formula is C15H11N3O2S. The fourth-order valence-corrected chi connectivity index (χ4v) is 1.75. The third kappa shape index (κ3) is 4.30. The van der Waals surface area contributed by atoms with Crippen LogP contribution in [0.3, 0.4) is 0 Å². The van der Waals surface area contributed by atoms with E-state index < -0.39 is 5.91 Å². The molecular weight excluding hydrogens is 286 g/mol. The largest absolute Gasteiger partial charge is 0.465 e. The molecule has 1 aromatic carbocycles. The molecule has 1 aromatic heterocycles. The van der Waals surface area contributed by atoms with E-state index in [0.29, 0.717) is 17.0 Å². The summed E-state index contributed by atoms with van der Waals surface area (Å²) in [5.74, 6) is 0.178. The van der Waals surface area contributed by atoms with E-state index in [1.165, 1.54) is 18.4 Å². The predicted octanol–water partition coefficient (Wildman–Crippen LogP) is 2.68. The maximum absolute atomic E-state index is 11.7. The lowest BCUT2D eigenvalue weighted by Gasteiger charge is -2.09. The van der Waals surface area contributed by atoms with Crippen molar-refractivity contribution in [2.24, 2.45) is 0 Å². The van der Waals surface area contributed by atoms with Crippen molar-refractivity contribution in [3.63, 3.8) is 0 Å². The van der Waals surface area contributed by atoms with Crippen LogP contribution in [0.15, 0.2) is 53.2 Å². The van der Waals surface area contributed by atoms with E-state index in [4.69, 9.17) is 21.9 Å². The van der Waals surface area contributed by atoms with Crippen molar-refractivity contribution >= 4 is 35.0 Å². The number of benzene rings is 1. The molecule has 0 saturated carbocycles. The Morgan fingerprint density at radius 2 is 2.10 bits per heavy atom. The molecule has 0 aliphatic heterocycles. The molecule has 0 fully saturated rings. The zero-order chi connectivity index (χ0) is 15.1. The van der Waals surface area contributed by atoms with Gasteiger partial charge in [0.1, 0.15) is 11.8 Å². The molecule has 21 heavy (non-hydrogen) atoms. The van der Waals surface area contributed by atoms with Crippen LogP contribution in [0.2, 0.25) is 0 Å². The smallest absolute Gasteiger partial charge is 0.250 e. The highest BCUT2D eigenvalue weighted by Crippen LogP contribution is 2.13. The van der Waals surface area contributed by atoms with Crippen molar-refractivity contribution in [3.8, 4) is 6.07 Å². The molecule has 104 valence electrons. The normalized spacial score (nSPS) is 10.0. The predicted molar refractivity (Wildman–Crippen MR) is 83.3 cm³/mol. The van der Waals surface area contributed by atoms with Crippen LogP contribution in [0, 0.1) is 11.3 Å². The second kappa shape index (κ2) is 7.03. The van der Waals surface area contributed by atoms with Crippen LogP contribution in [-0.4, -0.2) is 11.0 Å². The highest BCUT2D eigenvalue weighted by atomic mass is 32.1. The molecule has 0 atom stereocenters. The molecule has 0 aliphatic rings. The van der Waals surface area contributed by atoms with Gasteiger partial charge in [-0.1, -0.05) is 12.1 Å². The number of furan rings is 1. The van der Waals surface area contributed by atoms with Crippen LogP contribution in [-0.2, 0) is 4.79 Å². The first-order chi connectivity index (χ1) is 10.2. The van der Waals surface area contributed by atoms with Gasteiger partial charge in [-0.3, -0.25) is 10.1 Å². The minimum atomic E-state index is -0.390. The molecule has 0 radical (unpaired) electrons. The summed E-state index contributed by atoms with van der Waals surface area (Å²) in [4.78, 5) is 11.7. The quantitative estimate of drug-likeness (QED) is 0.672. The summed E-state index contributed by atoms with van der Waals surface area (Å²) >= 11 is 5.02. The van der Waals surface area contributed by atoms with E-state index in [0.717, 1.165) is 0 Å². The van der Waals surface area contributed by atoms with Crippen molar-refractivity contribution in [1.29, 1.82) is 5.26 Å². The maximum Gasteiger partial charge on any atom is 0.250 e. The Labute approximate surface area is 126 Å². The number of hydrogen-bond donors (Lipinski definition) is 2. The van der Waals surface area contributed by atoms with E-state index >= 15 is 0 Å². The number of rotatable bonds is 3. The Hall–Kier alpha value is -2.91. The number of carbonyl (C=O) groups excluding carboxylic acids is 1. The number of thiocarbonyl (C=S) groups is 1. The van der Waals surface area contributed by atoms with Gasteiger partial charge >= 0.3 is 0 Å². The van der Waals surface area contributed by atoms with Crippen molar-refractivity contribution in [2.45, 2.75) is 0 Å². The van der Waals surface area contributed by atoms with Crippen LogP contribution in [0.1, 0.15) is 11.3 Å². The standard InChI is InChI=1S/C15H11N3O2S/c16-10-11-4-1-2-6-13(11)17-15(21)18-14(19)8-7-12-5-3-9-20-12/h1-9H,(H2,17,18,19,21)/b8-7+. The number of anilines is 1. The first-order valence-corrected chi connectivity index (χ1v) is 6.42. The van der Waals surface area contributed by atoms with Gasteiger partial charge in [0.2, 0.25) is 5.91 Å². The Morgan fingerprint density at radius 3 is 2.81 bits per heavy atom. The third-order valence-electron chi connectivity index (χ3n) is 2.47. The topological polar surface area (TPSA) is 78.1 Å². The number of nitrogens with zero attached hydrogens (tertiary/aromatic N) is 1. The molecule has 0 saturated heterocycles. The summed E-state index contributed by atoms with van der Waals surface area (Å²) in [6, 6.07) is 12.4. The Morgan fingerprint density at radius 1 is 1.29 bits per heavy atom. The number of nitrogens with one attached hydrogen (secondary N) is 2. The summed E-state index contributed by atoms with van der Waals surface area (Å²) in [6.45, 7) is 0. The molecule has 2 rings (SSSR count). The van der Waals surface area contributed by atoms with Gasteiger partial charge in [-0.2, -0.15) is 5.26 Å². The molecule has 0 bridgehead atoms. The average Bonchev–Trinajstić information content (AvgIpc) is 2.99. The zero-order valence-electron chi connectivity index (χ0n) is 10.9. The van der Waals surface area contributed by atoms with Gasteiger partial charge in [0, 0.05) is 6.08 Å². The molecule has 6 heteroatoms. The summed E-state index contributed by atoms with van der Waals surface area (Å²) in [5.41, 5.74) is 0.987. The highest BCUT2D eigenvalue weighted by molar-refractivity contribution is 7.80. The van der Waals surface area contributed by atoms with Gasteiger partial charge in [-0.05, 0) is 42.6 Å². The Bertz CT molecular complexity index is 715. The van der Waals surface area contributed by atoms with E-state index in [-0.39, 0.29) is 5.11 Å². The first kappa shape index (κ1) is 14.5. The van der Waals surface area contributed by atoms with E-state index in [2.05, 4.69) is 10.6 Å². The molecule has 2 N–H and O–H groups in total. The van der Waals surface area contributed by atoms with Gasteiger partial charge in [0.25, 0.3) is 0 Å². The van der Waals surface area contributed by atoms with Crippen molar-refractivity contribution in [3.05, 3.63) is 60.1 Å². The molecule has 0 spiro atoms. The molecule has 2 aromatic rings. The summed E-state index contributed by atoms with van der Waals surface area (Å²) < 4.78 is 5.06. The fourth-order valence-electron chi connectivity index (χ4n) is 1.54. The van der Waals surface area contributed by atoms with Gasteiger partial charge < -0.3 is 9.73 Å². The van der Waals surface area contributed by atoms with Crippen molar-refractivity contribution in [2.75, 3.05) is 5.32 Å². The summed E-state index contributed by atoms with van der Waals surface area (Å²) in [5, 5.41) is 14.4. The Kier molecular flexibility index (Phi) is 4.85. The highest BCUT2D eigenvalue weighted by Gasteiger charge is 2.05. The average molecular weight is 297 g/mol. The van der Waals surface area contributed by atoms with Gasteiger partial charge in [-0.25, -0.2) is 0 Å². The number of carbonyl (C=O) groups is 1. The summed E-state index contributed by atoms with van der Waals surface area (Å²) in [7, 11) is 0. The second-order valence-corrected chi connectivity index (χ2v) is 4.36. The van der Waals surface area contributed by atoms with Gasteiger partial charge in [0.15, 0.2) is 5.11 Å². The number of para-hydroxylation sites is 1. The van der Waals surface area contributed by atoms with Crippen LogP contribution in [0.25, 0.3) is 6.08 Å². The minimum Gasteiger partial charge on any atom is -0.465 e. The SMILES string of the molecule is N#Cc1ccccc1NC(=S)NC(=O)/C=C/c1ccco1. The van der Waals surface area contributed by atoms with Gasteiger partial charge in [0.05, 0.1) is 17.5 Å². The molecule has 5 nitrogen and oxygen atoms in total. The zero-order valence-corrected chi connectivity index (χ0v) is 11.7. The second-order valence-electron chi connectivity index (χ2n) is 3.95. The van der Waals surface area contributed by atoms with E-state index in [1.807, 2.05) is 6.07 Å². The minimum absolute atomic E-state index is 0.117. The Balaban J connectivity index is 1.93. The number of nitriles is 1. The monoisotopic (exact) mass is 297 g/mol.